The zero-order valence-corrected chi connectivity index (χ0v) is 11.9. The van der Waals surface area contributed by atoms with Gasteiger partial charge in [0.05, 0.1) is 5.69 Å². The van der Waals surface area contributed by atoms with Crippen molar-refractivity contribution < 1.29 is 0 Å². The summed E-state index contributed by atoms with van der Waals surface area (Å²) >= 11 is 5.76. The second-order valence-electron chi connectivity index (χ2n) is 5.00. The molecule has 2 heterocycles. The molecule has 1 aliphatic heterocycles. The van der Waals surface area contributed by atoms with Crippen LogP contribution in [0.3, 0.4) is 0 Å². The van der Waals surface area contributed by atoms with Gasteiger partial charge in [0.2, 0.25) is 0 Å². The molecule has 1 atom stereocenters. The maximum absolute atomic E-state index is 5.76. The van der Waals surface area contributed by atoms with E-state index in [0.717, 1.165) is 25.3 Å². The molecule has 0 radical (unpaired) electrons. The van der Waals surface area contributed by atoms with Crippen molar-refractivity contribution in [1.82, 2.24) is 20.0 Å². The number of aromatic nitrogens is 2. The van der Waals surface area contributed by atoms with E-state index in [9.17, 15) is 0 Å². The molecule has 5 heteroatoms. The lowest BCUT2D eigenvalue weighted by Gasteiger charge is -2.29. The van der Waals surface area contributed by atoms with Crippen LogP contribution >= 0.6 is 11.6 Å². The van der Waals surface area contributed by atoms with Gasteiger partial charge in [-0.25, -0.2) is 0 Å². The van der Waals surface area contributed by atoms with Crippen molar-refractivity contribution in [1.29, 1.82) is 0 Å². The summed E-state index contributed by atoms with van der Waals surface area (Å²) < 4.78 is 0. The van der Waals surface area contributed by atoms with Gasteiger partial charge in [-0.1, -0.05) is 18.5 Å². The van der Waals surface area contributed by atoms with Crippen molar-refractivity contribution in [3.63, 3.8) is 0 Å². The Balaban J connectivity index is 2.03. The van der Waals surface area contributed by atoms with E-state index in [2.05, 4.69) is 34.0 Å². The molecule has 1 unspecified atom stereocenters. The Hall–Kier alpha value is -0.710. The summed E-state index contributed by atoms with van der Waals surface area (Å²) in [6, 6.07) is 4.39. The fraction of sp³-hybridized carbons (Fsp3) is 0.692. The Morgan fingerprint density at radius 2 is 2.17 bits per heavy atom. The molecule has 1 aromatic rings. The van der Waals surface area contributed by atoms with Gasteiger partial charge in [-0.15, -0.1) is 5.10 Å². The quantitative estimate of drug-likeness (QED) is 0.840. The van der Waals surface area contributed by atoms with Gasteiger partial charge < -0.3 is 4.90 Å². The topological polar surface area (TPSA) is 32.3 Å². The second-order valence-corrected chi connectivity index (χ2v) is 5.38. The summed E-state index contributed by atoms with van der Waals surface area (Å²) in [6.07, 6.45) is 2.39. The van der Waals surface area contributed by atoms with E-state index in [0.29, 0.717) is 11.2 Å². The third kappa shape index (κ3) is 3.64. The highest BCUT2D eigenvalue weighted by atomic mass is 35.5. The molecule has 1 aliphatic rings. The fourth-order valence-electron chi connectivity index (χ4n) is 2.52. The summed E-state index contributed by atoms with van der Waals surface area (Å²) in [7, 11) is 2.20. The predicted octanol–water partition coefficient (Wildman–Crippen LogP) is 2.05. The Bertz CT molecular complexity index is 368. The first-order valence-electron chi connectivity index (χ1n) is 6.59. The fourth-order valence-corrected chi connectivity index (χ4v) is 2.63. The van der Waals surface area contributed by atoms with Crippen LogP contribution < -0.4 is 0 Å². The van der Waals surface area contributed by atoms with Crippen LogP contribution in [-0.4, -0.2) is 52.7 Å². The molecule has 4 nitrogen and oxygen atoms in total. The lowest BCUT2D eigenvalue weighted by atomic mass is 10.1. The Labute approximate surface area is 114 Å². The van der Waals surface area contributed by atoms with Crippen molar-refractivity contribution in [3.8, 4) is 0 Å². The molecule has 0 aliphatic carbocycles. The van der Waals surface area contributed by atoms with Gasteiger partial charge >= 0.3 is 0 Å². The molecule has 0 aromatic carbocycles. The Morgan fingerprint density at radius 3 is 2.83 bits per heavy atom. The third-order valence-corrected chi connectivity index (χ3v) is 3.75. The molecule has 0 N–H and O–H groups in total. The second kappa shape index (κ2) is 6.45. The lowest BCUT2D eigenvalue weighted by molar-refractivity contribution is 0.173. The van der Waals surface area contributed by atoms with Crippen LogP contribution in [0.5, 0.6) is 0 Å². The number of nitrogens with zero attached hydrogens (tertiary/aromatic N) is 4. The van der Waals surface area contributed by atoms with Gasteiger partial charge in [0, 0.05) is 25.7 Å². The van der Waals surface area contributed by atoms with Crippen molar-refractivity contribution >= 4 is 11.6 Å². The first-order chi connectivity index (χ1) is 8.69. The van der Waals surface area contributed by atoms with Crippen LogP contribution in [0.1, 0.15) is 25.5 Å². The minimum Gasteiger partial charge on any atom is -0.305 e. The predicted molar refractivity (Wildman–Crippen MR) is 73.6 cm³/mol. The largest absolute Gasteiger partial charge is 0.305 e. The molecule has 0 saturated carbocycles. The summed E-state index contributed by atoms with van der Waals surface area (Å²) in [4.78, 5) is 4.93. The summed E-state index contributed by atoms with van der Waals surface area (Å²) in [6.45, 7) is 6.57. The first kappa shape index (κ1) is 13.7. The molecule has 1 aromatic heterocycles. The van der Waals surface area contributed by atoms with E-state index in [4.69, 9.17) is 11.6 Å². The maximum atomic E-state index is 5.76. The first-order valence-corrected chi connectivity index (χ1v) is 6.97. The Kier molecular flexibility index (Phi) is 4.92. The molecule has 18 heavy (non-hydrogen) atoms. The van der Waals surface area contributed by atoms with E-state index < -0.39 is 0 Å². The minimum atomic E-state index is 0.460. The highest BCUT2D eigenvalue weighted by Crippen LogP contribution is 2.15. The smallest absolute Gasteiger partial charge is 0.151 e. The van der Waals surface area contributed by atoms with Crippen molar-refractivity contribution in [2.45, 2.75) is 32.4 Å². The molecule has 100 valence electrons. The van der Waals surface area contributed by atoms with Gasteiger partial charge in [0.25, 0.3) is 0 Å². The number of hydrogen-bond acceptors (Lipinski definition) is 4. The van der Waals surface area contributed by atoms with E-state index in [-0.39, 0.29) is 0 Å². The monoisotopic (exact) mass is 268 g/mol. The van der Waals surface area contributed by atoms with Gasteiger partial charge in [-0.3, -0.25) is 4.90 Å². The lowest BCUT2D eigenvalue weighted by Crippen LogP contribution is -2.39. The van der Waals surface area contributed by atoms with Crippen molar-refractivity contribution in [3.05, 3.63) is 23.0 Å². The summed E-state index contributed by atoms with van der Waals surface area (Å²) in [5.74, 6) is 0. The number of halogens is 1. The highest BCUT2D eigenvalue weighted by Gasteiger charge is 2.22. The van der Waals surface area contributed by atoms with Crippen LogP contribution in [-0.2, 0) is 6.54 Å². The van der Waals surface area contributed by atoms with Gasteiger partial charge in [-0.2, -0.15) is 5.10 Å². The van der Waals surface area contributed by atoms with Gasteiger partial charge in [0.15, 0.2) is 5.15 Å². The maximum Gasteiger partial charge on any atom is 0.151 e. The molecule has 0 spiro atoms. The summed E-state index contributed by atoms with van der Waals surface area (Å²) in [5.41, 5.74) is 1.00. The highest BCUT2D eigenvalue weighted by molar-refractivity contribution is 6.29. The molecule has 1 fully saturated rings. The minimum absolute atomic E-state index is 0.460. The van der Waals surface area contributed by atoms with E-state index in [1.807, 2.05) is 12.1 Å². The van der Waals surface area contributed by atoms with E-state index in [1.165, 1.54) is 19.4 Å². The molecular weight excluding hydrogens is 248 g/mol. The van der Waals surface area contributed by atoms with E-state index in [1.54, 1.807) is 0 Å². The Morgan fingerprint density at radius 1 is 1.33 bits per heavy atom. The van der Waals surface area contributed by atoms with Crippen LogP contribution in [0, 0.1) is 0 Å². The number of likely N-dealkylation sites (N-methyl/N-ethyl adjacent to an activating group) is 1. The molecule has 1 saturated heterocycles. The van der Waals surface area contributed by atoms with Gasteiger partial charge in [0.1, 0.15) is 0 Å². The van der Waals surface area contributed by atoms with Crippen molar-refractivity contribution in [2.24, 2.45) is 0 Å². The standard InChI is InChI=1S/C13H21ClN4/c1-3-12-10-17(2)7-4-8-18(12)9-11-5-6-13(14)16-15-11/h5-6,12H,3-4,7-10H2,1-2H3. The molecule has 2 rings (SSSR count). The van der Waals surface area contributed by atoms with Crippen LogP contribution in [0.25, 0.3) is 0 Å². The average molecular weight is 269 g/mol. The SMILES string of the molecule is CCC1CN(C)CCCN1Cc1ccc(Cl)nn1. The van der Waals surface area contributed by atoms with Crippen LogP contribution in [0.4, 0.5) is 0 Å². The van der Waals surface area contributed by atoms with Crippen molar-refractivity contribution in [2.75, 3.05) is 26.7 Å². The number of hydrogen-bond donors (Lipinski definition) is 0. The zero-order chi connectivity index (χ0) is 13.0. The van der Waals surface area contributed by atoms with Gasteiger partial charge in [-0.05, 0) is 38.6 Å². The van der Waals surface area contributed by atoms with Crippen LogP contribution in [0.2, 0.25) is 5.15 Å². The summed E-state index contributed by atoms with van der Waals surface area (Å²) in [5, 5.41) is 8.53. The molecule has 0 amide bonds. The van der Waals surface area contributed by atoms with E-state index >= 15 is 0 Å². The normalized spacial score (nSPS) is 22.9. The number of rotatable bonds is 3. The average Bonchev–Trinajstić information content (AvgIpc) is 2.54. The third-order valence-electron chi connectivity index (χ3n) is 3.55. The molecular formula is C13H21ClN4. The molecule has 0 bridgehead atoms. The van der Waals surface area contributed by atoms with Crippen LogP contribution in [0.15, 0.2) is 12.1 Å². The zero-order valence-electron chi connectivity index (χ0n) is 11.1.